The number of hydrogen-bond acceptors (Lipinski definition) is 2. The summed E-state index contributed by atoms with van der Waals surface area (Å²) in [4.78, 5) is 2.67. The Kier molecular flexibility index (Phi) is 5.83. The molecule has 0 spiro atoms. The van der Waals surface area contributed by atoms with E-state index < -0.39 is 0 Å². The summed E-state index contributed by atoms with van der Waals surface area (Å²) in [5.41, 5.74) is 7.99. The maximum atomic E-state index is 6.25. The summed E-state index contributed by atoms with van der Waals surface area (Å²) >= 11 is 0. The van der Waals surface area contributed by atoms with Crippen molar-refractivity contribution in [2.24, 2.45) is 5.73 Å². The molecule has 1 aromatic carbocycles. The summed E-state index contributed by atoms with van der Waals surface area (Å²) in [6, 6.07) is 11.6. The van der Waals surface area contributed by atoms with E-state index in [-0.39, 0.29) is 5.54 Å². The second kappa shape index (κ2) is 7.42. The van der Waals surface area contributed by atoms with Crippen molar-refractivity contribution in [3.8, 4) is 0 Å². The van der Waals surface area contributed by atoms with E-state index in [2.05, 4.69) is 56.0 Å². The average Bonchev–Trinajstić information content (AvgIpc) is 2.56. The van der Waals surface area contributed by atoms with Crippen LogP contribution >= 0.6 is 0 Å². The van der Waals surface area contributed by atoms with E-state index in [4.69, 9.17) is 5.73 Å². The quantitative estimate of drug-likeness (QED) is 0.851. The molecule has 2 rings (SSSR count). The van der Waals surface area contributed by atoms with E-state index in [9.17, 15) is 0 Å². The predicted molar refractivity (Wildman–Crippen MR) is 91.6 cm³/mol. The zero-order valence-corrected chi connectivity index (χ0v) is 14.0. The first kappa shape index (κ1) is 16.5. The first-order valence-electron chi connectivity index (χ1n) is 8.68. The molecule has 0 saturated heterocycles. The van der Waals surface area contributed by atoms with Crippen molar-refractivity contribution in [1.29, 1.82) is 0 Å². The molecule has 1 saturated carbocycles. The van der Waals surface area contributed by atoms with Gasteiger partial charge >= 0.3 is 0 Å². The molecule has 0 radical (unpaired) electrons. The lowest BCUT2D eigenvalue weighted by Gasteiger charge is -2.50. The third kappa shape index (κ3) is 3.49. The molecule has 2 heteroatoms. The Hall–Kier alpha value is -0.860. The zero-order valence-electron chi connectivity index (χ0n) is 14.0. The van der Waals surface area contributed by atoms with Gasteiger partial charge in [0.1, 0.15) is 0 Å². The van der Waals surface area contributed by atoms with Gasteiger partial charge in [0.15, 0.2) is 0 Å². The molecule has 0 amide bonds. The maximum Gasteiger partial charge on any atom is 0.0334 e. The largest absolute Gasteiger partial charge is 0.329 e. The average molecular weight is 288 g/mol. The van der Waals surface area contributed by atoms with E-state index in [1.54, 1.807) is 0 Å². The fourth-order valence-electron chi connectivity index (χ4n) is 4.16. The van der Waals surface area contributed by atoms with Crippen LogP contribution in [0.2, 0.25) is 0 Å². The van der Waals surface area contributed by atoms with Gasteiger partial charge in [-0.05, 0) is 57.1 Å². The molecule has 1 unspecified atom stereocenters. The van der Waals surface area contributed by atoms with E-state index in [1.165, 1.54) is 37.7 Å². The monoisotopic (exact) mass is 288 g/mol. The highest BCUT2D eigenvalue weighted by atomic mass is 15.2. The molecule has 1 fully saturated rings. The number of likely N-dealkylation sites (N-methyl/N-ethyl adjacent to an activating group) is 1. The van der Waals surface area contributed by atoms with Crippen molar-refractivity contribution >= 4 is 0 Å². The van der Waals surface area contributed by atoms with Gasteiger partial charge in [-0.3, -0.25) is 4.90 Å². The van der Waals surface area contributed by atoms with Gasteiger partial charge in [0, 0.05) is 18.1 Å². The molecular formula is C19H32N2. The Morgan fingerprint density at radius 1 is 1.19 bits per heavy atom. The van der Waals surface area contributed by atoms with Gasteiger partial charge < -0.3 is 5.73 Å². The van der Waals surface area contributed by atoms with Crippen molar-refractivity contribution in [2.45, 2.75) is 70.4 Å². The Morgan fingerprint density at radius 3 is 2.29 bits per heavy atom. The van der Waals surface area contributed by atoms with Crippen LogP contribution in [0, 0.1) is 0 Å². The molecule has 118 valence electrons. The van der Waals surface area contributed by atoms with Gasteiger partial charge in [-0.1, -0.05) is 44.2 Å². The van der Waals surface area contributed by atoms with Crippen LogP contribution in [0.1, 0.15) is 64.4 Å². The second-order valence-electron chi connectivity index (χ2n) is 6.66. The first-order chi connectivity index (χ1) is 10.2. The number of rotatable bonds is 6. The Balaban J connectivity index is 2.08. The van der Waals surface area contributed by atoms with Crippen molar-refractivity contribution < 1.29 is 0 Å². The van der Waals surface area contributed by atoms with Crippen LogP contribution in [0.4, 0.5) is 0 Å². The fourth-order valence-corrected chi connectivity index (χ4v) is 4.16. The molecule has 1 aromatic rings. The Morgan fingerprint density at radius 2 is 1.81 bits per heavy atom. The summed E-state index contributed by atoms with van der Waals surface area (Å²) in [6.45, 7) is 8.83. The van der Waals surface area contributed by atoms with E-state index in [0.717, 1.165) is 19.0 Å². The molecule has 21 heavy (non-hydrogen) atoms. The molecule has 1 aliphatic carbocycles. The van der Waals surface area contributed by atoms with E-state index in [1.807, 2.05) is 0 Å². The SMILES string of the molecule is CCC(C)N(CC)C1(CN)CCC(c2ccccc2)CC1. The summed E-state index contributed by atoms with van der Waals surface area (Å²) in [6.07, 6.45) is 6.22. The van der Waals surface area contributed by atoms with Gasteiger partial charge in [0.25, 0.3) is 0 Å². The topological polar surface area (TPSA) is 29.3 Å². The first-order valence-corrected chi connectivity index (χ1v) is 8.68. The summed E-state index contributed by atoms with van der Waals surface area (Å²) < 4.78 is 0. The molecule has 0 bridgehead atoms. The standard InChI is InChI=1S/C19H32N2/c1-4-16(3)21(5-2)19(15-20)13-11-18(12-14-19)17-9-7-6-8-10-17/h6-10,16,18H,4-5,11-15,20H2,1-3H3. The van der Waals surface area contributed by atoms with Crippen LogP contribution in [0.5, 0.6) is 0 Å². The third-order valence-corrected chi connectivity index (χ3v) is 5.64. The van der Waals surface area contributed by atoms with Crippen LogP contribution in [0.15, 0.2) is 30.3 Å². The van der Waals surface area contributed by atoms with Crippen LogP contribution in [0.3, 0.4) is 0 Å². The molecule has 1 atom stereocenters. The normalized spacial score (nSPS) is 27.8. The van der Waals surface area contributed by atoms with Crippen LogP contribution in [0.25, 0.3) is 0 Å². The smallest absolute Gasteiger partial charge is 0.0334 e. The summed E-state index contributed by atoms with van der Waals surface area (Å²) in [7, 11) is 0. The summed E-state index contributed by atoms with van der Waals surface area (Å²) in [5, 5.41) is 0. The second-order valence-corrected chi connectivity index (χ2v) is 6.66. The van der Waals surface area contributed by atoms with Crippen molar-refractivity contribution in [1.82, 2.24) is 4.90 Å². The zero-order chi connectivity index (χ0) is 15.3. The highest BCUT2D eigenvalue weighted by Crippen LogP contribution is 2.41. The molecule has 2 nitrogen and oxygen atoms in total. The highest BCUT2D eigenvalue weighted by Gasteiger charge is 2.40. The van der Waals surface area contributed by atoms with Crippen LogP contribution < -0.4 is 5.73 Å². The molecule has 2 N–H and O–H groups in total. The maximum absolute atomic E-state index is 6.25. The minimum Gasteiger partial charge on any atom is -0.329 e. The van der Waals surface area contributed by atoms with Gasteiger partial charge in [-0.2, -0.15) is 0 Å². The Labute approximate surface area is 130 Å². The fraction of sp³-hybridized carbons (Fsp3) is 0.684. The lowest BCUT2D eigenvalue weighted by Crippen LogP contribution is -2.58. The molecule has 0 aliphatic heterocycles. The lowest BCUT2D eigenvalue weighted by molar-refractivity contribution is 0.0232. The third-order valence-electron chi connectivity index (χ3n) is 5.64. The number of nitrogens with two attached hydrogens (primary N) is 1. The lowest BCUT2D eigenvalue weighted by atomic mass is 9.72. The highest BCUT2D eigenvalue weighted by molar-refractivity contribution is 5.20. The molecule has 0 aromatic heterocycles. The molecule has 0 heterocycles. The minimum absolute atomic E-state index is 0.232. The van der Waals surface area contributed by atoms with E-state index in [0.29, 0.717) is 6.04 Å². The van der Waals surface area contributed by atoms with Gasteiger partial charge in [0.2, 0.25) is 0 Å². The number of nitrogens with zero attached hydrogens (tertiary/aromatic N) is 1. The van der Waals surface area contributed by atoms with Crippen molar-refractivity contribution in [3.05, 3.63) is 35.9 Å². The van der Waals surface area contributed by atoms with Crippen LogP contribution in [-0.2, 0) is 0 Å². The van der Waals surface area contributed by atoms with Gasteiger partial charge in [-0.25, -0.2) is 0 Å². The van der Waals surface area contributed by atoms with Gasteiger partial charge in [-0.15, -0.1) is 0 Å². The molecule has 1 aliphatic rings. The minimum atomic E-state index is 0.232. The van der Waals surface area contributed by atoms with Crippen molar-refractivity contribution in [3.63, 3.8) is 0 Å². The predicted octanol–water partition coefficient (Wildman–Crippen LogP) is 4.16. The Bertz CT molecular complexity index is 407. The van der Waals surface area contributed by atoms with E-state index >= 15 is 0 Å². The summed E-state index contributed by atoms with van der Waals surface area (Å²) in [5.74, 6) is 0.724. The molecular weight excluding hydrogens is 256 g/mol. The van der Waals surface area contributed by atoms with Crippen LogP contribution in [-0.4, -0.2) is 29.6 Å². The van der Waals surface area contributed by atoms with Gasteiger partial charge in [0.05, 0.1) is 0 Å². The number of benzene rings is 1. The number of hydrogen-bond donors (Lipinski definition) is 1. The van der Waals surface area contributed by atoms with Crippen molar-refractivity contribution in [2.75, 3.05) is 13.1 Å².